The Kier molecular flexibility index (Phi) is 7.35. The normalized spacial score (nSPS) is 19.3. The van der Waals surface area contributed by atoms with E-state index in [1.54, 1.807) is 6.20 Å². The smallest absolute Gasteiger partial charge is 0.273 e. The predicted octanol–water partition coefficient (Wildman–Crippen LogP) is 3.00. The van der Waals surface area contributed by atoms with Crippen molar-refractivity contribution in [3.8, 4) is 0 Å². The molecule has 0 bridgehead atoms. The summed E-state index contributed by atoms with van der Waals surface area (Å²) in [5.74, 6) is -0.00697. The van der Waals surface area contributed by atoms with Gasteiger partial charge in [0.1, 0.15) is 5.69 Å². The third-order valence-corrected chi connectivity index (χ3v) is 6.61. The minimum atomic E-state index is -0.0901. The van der Waals surface area contributed by atoms with Crippen LogP contribution in [-0.4, -0.2) is 65.2 Å². The SMILES string of the molecule is O=C1CCN(C(=O)C2CCN(C(=O)c3nccc4ccccc34)CC2)CCCCCCN1. The highest BCUT2D eigenvalue weighted by molar-refractivity contribution is 6.05. The first kappa shape index (κ1) is 22.2. The Morgan fingerprint density at radius 1 is 0.906 bits per heavy atom. The fraction of sp³-hybridized carbons (Fsp3) is 0.520. The number of pyridine rings is 1. The summed E-state index contributed by atoms with van der Waals surface area (Å²) >= 11 is 0. The molecule has 2 aliphatic rings. The fourth-order valence-corrected chi connectivity index (χ4v) is 4.69. The van der Waals surface area contributed by atoms with Crippen molar-refractivity contribution in [1.29, 1.82) is 0 Å². The van der Waals surface area contributed by atoms with Gasteiger partial charge in [-0.2, -0.15) is 0 Å². The number of likely N-dealkylation sites (tertiary alicyclic amines) is 1. The minimum absolute atomic E-state index is 0.0210. The van der Waals surface area contributed by atoms with Crippen LogP contribution < -0.4 is 5.32 Å². The standard InChI is InChI=1S/C25H32N4O3/c30-22-12-18-28(15-6-2-1-5-13-26-22)24(31)20-10-16-29(17-11-20)25(32)23-21-8-4-3-7-19(21)9-14-27-23/h3-4,7-9,14,20H,1-2,5-6,10-13,15-18H2,(H,26,30). The largest absolute Gasteiger partial charge is 0.356 e. The first-order valence-corrected chi connectivity index (χ1v) is 11.8. The van der Waals surface area contributed by atoms with Crippen molar-refractivity contribution in [3.63, 3.8) is 0 Å². The quantitative estimate of drug-likeness (QED) is 0.785. The van der Waals surface area contributed by atoms with Gasteiger partial charge >= 0.3 is 0 Å². The van der Waals surface area contributed by atoms with Gasteiger partial charge < -0.3 is 15.1 Å². The summed E-state index contributed by atoms with van der Waals surface area (Å²) in [7, 11) is 0. The average molecular weight is 437 g/mol. The van der Waals surface area contributed by atoms with E-state index in [4.69, 9.17) is 0 Å². The maximum Gasteiger partial charge on any atom is 0.273 e. The van der Waals surface area contributed by atoms with Gasteiger partial charge in [-0.25, -0.2) is 0 Å². The summed E-state index contributed by atoms with van der Waals surface area (Å²) in [5.41, 5.74) is 0.478. The minimum Gasteiger partial charge on any atom is -0.356 e. The van der Waals surface area contributed by atoms with Crippen molar-refractivity contribution in [2.75, 3.05) is 32.7 Å². The molecule has 0 radical (unpaired) electrons. The number of hydrogen-bond donors (Lipinski definition) is 1. The number of piperidine rings is 1. The van der Waals surface area contributed by atoms with Gasteiger partial charge in [-0.1, -0.05) is 37.1 Å². The topological polar surface area (TPSA) is 82.6 Å². The van der Waals surface area contributed by atoms with Gasteiger partial charge in [0, 0.05) is 56.6 Å². The predicted molar refractivity (Wildman–Crippen MR) is 123 cm³/mol. The molecule has 3 heterocycles. The lowest BCUT2D eigenvalue weighted by Gasteiger charge is -2.34. The number of hydrogen-bond acceptors (Lipinski definition) is 4. The van der Waals surface area contributed by atoms with Crippen LogP contribution in [0.5, 0.6) is 0 Å². The zero-order valence-electron chi connectivity index (χ0n) is 18.6. The van der Waals surface area contributed by atoms with Crippen molar-refractivity contribution in [2.45, 2.75) is 44.9 Å². The van der Waals surface area contributed by atoms with E-state index in [0.717, 1.165) is 43.0 Å². The fourth-order valence-electron chi connectivity index (χ4n) is 4.69. The molecule has 2 aromatic rings. The molecule has 2 fully saturated rings. The second kappa shape index (κ2) is 10.6. The molecule has 1 N–H and O–H groups in total. The van der Waals surface area contributed by atoms with Gasteiger partial charge in [-0.3, -0.25) is 19.4 Å². The molecule has 0 saturated carbocycles. The Morgan fingerprint density at radius 2 is 1.69 bits per heavy atom. The molecule has 1 aromatic carbocycles. The van der Waals surface area contributed by atoms with Crippen molar-refractivity contribution in [2.24, 2.45) is 5.92 Å². The van der Waals surface area contributed by atoms with Crippen LogP contribution >= 0.6 is 0 Å². The molecule has 0 unspecified atom stereocenters. The Labute approximate surface area is 189 Å². The van der Waals surface area contributed by atoms with E-state index >= 15 is 0 Å². The van der Waals surface area contributed by atoms with E-state index in [-0.39, 0.29) is 23.6 Å². The van der Waals surface area contributed by atoms with Crippen LogP contribution in [0.3, 0.4) is 0 Å². The first-order valence-electron chi connectivity index (χ1n) is 11.8. The maximum absolute atomic E-state index is 13.2. The summed E-state index contributed by atoms with van der Waals surface area (Å²) in [6.45, 7) is 3.02. The molecule has 7 heteroatoms. The molecule has 0 spiro atoms. The van der Waals surface area contributed by atoms with Crippen LogP contribution in [-0.2, 0) is 9.59 Å². The number of benzene rings is 1. The van der Waals surface area contributed by atoms with Crippen LogP contribution in [0.15, 0.2) is 36.5 Å². The summed E-state index contributed by atoms with van der Waals surface area (Å²) in [6.07, 6.45) is 7.46. The zero-order chi connectivity index (χ0) is 22.3. The lowest BCUT2D eigenvalue weighted by atomic mass is 9.94. The van der Waals surface area contributed by atoms with Crippen LogP contribution in [0.25, 0.3) is 10.8 Å². The molecule has 32 heavy (non-hydrogen) atoms. The van der Waals surface area contributed by atoms with Crippen molar-refractivity contribution in [1.82, 2.24) is 20.1 Å². The van der Waals surface area contributed by atoms with Crippen molar-refractivity contribution in [3.05, 3.63) is 42.2 Å². The average Bonchev–Trinajstić information content (AvgIpc) is 2.88. The number of carbonyl (C=O) groups is 3. The van der Waals surface area contributed by atoms with Gasteiger partial charge in [0.15, 0.2) is 0 Å². The van der Waals surface area contributed by atoms with E-state index in [2.05, 4.69) is 10.3 Å². The monoisotopic (exact) mass is 436 g/mol. The summed E-state index contributed by atoms with van der Waals surface area (Å²) in [6, 6.07) is 9.69. The van der Waals surface area contributed by atoms with E-state index < -0.39 is 0 Å². The number of amides is 3. The molecule has 2 aliphatic heterocycles. The Morgan fingerprint density at radius 3 is 2.53 bits per heavy atom. The van der Waals surface area contributed by atoms with Gasteiger partial charge in [0.25, 0.3) is 5.91 Å². The highest BCUT2D eigenvalue weighted by atomic mass is 16.2. The summed E-state index contributed by atoms with van der Waals surface area (Å²) < 4.78 is 0. The molecule has 1 aromatic heterocycles. The second-order valence-electron chi connectivity index (χ2n) is 8.79. The third kappa shape index (κ3) is 5.26. The molecule has 0 atom stereocenters. The number of aromatic nitrogens is 1. The number of fused-ring (bicyclic) bond motifs is 1. The van der Waals surface area contributed by atoms with Gasteiger partial charge in [0.2, 0.25) is 11.8 Å². The second-order valence-corrected chi connectivity index (χ2v) is 8.79. The molecule has 4 rings (SSSR count). The van der Waals surface area contributed by atoms with E-state index in [9.17, 15) is 14.4 Å². The lowest BCUT2D eigenvalue weighted by molar-refractivity contribution is -0.137. The summed E-state index contributed by atoms with van der Waals surface area (Å²) in [5, 5.41) is 4.80. The molecule has 170 valence electrons. The number of nitrogens with one attached hydrogen (secondary N) is 1. The zero-order valence-corrected chi connectivity index (χ0v) is 18.6. The van der Waals surface area contributed by atoms with Gasteiger partial charge in [-0.15, -0.1) is 0 Å². The molecule has 3 amide bonds. The van der Waals surface area contributed by atoms with Gasteiger partial charge in [0.05, 0.1) is 0 Å². The molecule has 0 aliphatic carbocycles. The molecule has 7 nitrogen and oxygen atoms in total. The van der Waals surface area contributed by atoms with Crippen molar-refractivity contribution >= 4 is 28.5 Å². The number of nitrogens with zero attached hydrogens (tertiary/aromatic N) is 3. The highest BCUT2D eigenvalue weighted by Gasteiger charge is 2.31. The van der Waals surface area contributed by atoms with Crippen LogP contribution in [0.1, 0.15) is 55.4 Å². The molecule has 2 saturated heterocycles. The number of carbonyl (C=O) groups excluding carboxylic acids is 3. The Hall–Kier alpha value is -2.96. The molecular formula is C25H32N4O3. The van der Waals surface area contributed by atoms with Crippen LogP contribution in [0.2, 0.25) is 0 Å². The van der Waals surface area contributed by atoms with Crippen LogP contribution in [0, 0.1) is 5.92 Å². The Balaban J connectivity index is 1.37. The van der Waals surface area contributed by atoms with E-state index in [0.29, 0.717) is 51.1 Å². The van der Waals surface area contributed by atoms with E-state index in [1.807, 2.05) is 40.1 Å². The van der Waals surface area contributed by atoms with E-state index in [1.165, 1.54) is 0 Å². The van der Waals surface area contributed by atoms with Crippen molar-refractivity contribution < 1.29 is 14.4 Å². The lowest BCUT2D eigenvalue weighted by Crippen LogP contribution is -2.45. The third-order valence-electron chi connectivity index (χ3n) is 6.61. The van der Waals surface area contributed by atoms with Gasteiger partial charge in [-0.05, 0) is 37.1 Å². The highest BCUT2D eigenvalue weighted by Crippen LogP contribution is 2.24. The Bertz CT molecular complexity index is 963. The first-order chi connectivity index (χ1) is 15.6. The maximum atomic E-state index is 13.2. The van der Waals surface area contributed by atoms with Crippen LogP contribution in [0.4, 0.5) is 0 Å². The molecular weight excluding hydrogens is 404 g/mol. The summed E-state index contributed by atoms with van der Waals surface area (Å²) in [4.78, 5) is 46.4. The number of rotatable bonds is 2.